The van der Waals surface area contributed by atoms with Gasteiger partial charge in [-0.25, -0.2) is 0 Å². The number of nitrogen functional groups attached to an aromatic ring is 1. The van der Waals surface area contributed by atoms with Crippen LogP contribution in [0.1, 0.15) is 18.2 Å². The van der Waals surface area contributed by atoms with E-state index in [1.165, 1.54) is 11.3 Å². The largest absolute Gasteiger partial charge is 0.490 e. The Labute approximate surface area is 121 Å². The van der Waals surface area contributed by atoms with Gasteiger partial charge in [0, 0.05) is 30.4 Å². The number of fused-ring (bicyclic) bond motifs is 1. The van der Waals surface area contributed by atoms with E-state index in [4.69, 9.17) is 10.5 Å². The van der Waals surface area contributed by atoms with Crippen molar-refractivity contribution in [3.8, 4) is 5.75 Å². The highest BCUT2D eigenvalue weighted by Gasteiger charge is 2.15. The van der Waals surface area contributed by atoms with Crippen LogP contribution in [-0.4, -0.2) is 36.2 Å². The summed E-state index contributed by atoms with van der Waals surface area (Å²) in [4.78, 5) is 2.23. The molecule has 0 bridgehead atoms. The predicted octanol–water partition coefficient (Wildman–Crippen LogP) is 2.71. The molecule has 4 heteroatoms. The van der Waals surface area contributed by atoms with E-state index in [1.807, 2.05) is 12.1 Å². The number of benzene rings is 1. The fourth-order valence-electron chi connectivity index (χ4n) is 2.50. The number of nitrogens with zero attached hydrogens (tertiary/aromatic N) is 2. The van der Waals surface area contributed by atoms with E-state index in [2.05, 4.69) is 44.3 Å². The molecule has 0 aliphatic rings. The number of likely N-dealkylation sites (N-methyl/N-ethyl adjacent to an activating group) is 1. The third-order valence-electron chi connectivity index (χ3n) is 4.20. The quantitative estimate of drug-likeness (QED) is 0.853. The normalized spacial score (nSPS) is 11.5. The van der Waals surface area contributed by atoms with Crippen molar-refractivity contribution in [1.29, 1.82) is 0 Å². The van der Waals surface area contributed by atoms with Crippen LogP contribution < -0.4 is 10.5 Å². The van der Waals surface area contributed by atoms with Gasteiger partial charge >= 0.3 is 0 Å². The molecule has 1 aromatic heterocycles. The van der Waals surface area contributed by atoms with Crippen molar-refractivity contribution < 1.29 is 4.74 Å². The summed E-state index contributed by atoms with van der Waals surface area (Å²) < 4.78 is 8.14. The molecule has 1 heterocycles. The van der Waals surface area contributed by atoms with Crippen LogP contribution in [0.3, 0.4) is 0 Å². The molecule has 4 nitrogen and oxygen atoms in total. The molecule has 0 unspecified atom stereocenters. The molecule has 0 aliphatic carbocycles. The molecule has 2 aromatic rings. The first-order valence-corrected chi connectivity index (χ1v) is 7.12. The van der Waals surface area contributed by atoms with E-state index in [1.54, 1.807) is 0 Å². The van der Waals surface area contributed by atoms with Crippen LogP contribution in [0.2, 0.25) is 0 Å². The average Bonchev–Trinajstić information content (AvgIpc) is 2.67. The Hall–Kier alpha value is -1.68. The van der Waals surface area contributed by atoms with E-state index in [-0.39, 0.29) is 0 Å². The minimum atomic E-state index is 0.687. The van der Waals surface area contributed by atoms with Gasteiger partial charge in [0.25, 0.3) is 0 Å². The minimum absolute atomic E-state index is 0.687. The van der Waals surface area contributed by atoms with Crippen molar-refractivity contribution in [2.24, 2.45) is 7.05 Å². The van der Waals surface area contributed by atoms with Gasteiger partial charge in [0.2, 0.25) is 0 Å². The van der Waals surface area contributed by atoms with Crippen LogP contribution in [0.4, 0.5) is 5.69 Å². The van der Waals surface area contributed by atoms with Gasteiger partial charge in [0.1, 0.15) is 12.4 Å². The van der Waals surface area contributed by atoms with Gasteiger partial charge in [-0.3, -0.25) is 0 Å². The lowest BCUT2D eigenvalue weighted by atomic mass is 10.1. The average molecular weight is 275 g/mol. The second kappa shape index (κ2) is 5.75. The Morgan fingerprint density at radius 3 is 2.65 bits per heavy atom. The molecule has 0 spiro atoms. The standard InChI is InChI=1S/C16H25N3O/c1-6-18(4)9-10-20-14-8-7-13(17)15-11(2)12(3)19(5)16(14)15/h7-8H,6,9-10,17H2,1-5H3. The highest BCUT2D eigenvalue weighted by Crippen LogP contribution is 2.35. The lowest BCUT2D eigenvalue weighted by molar-refractivity contribution is 0.245. The molecule has 0 atom stereocenters. The van der Waals surface area contributed by atoms with Crippen LogP contribution in [0.15, 0.2) is 12.1 Å². The summed E-state index contributed by atoms with van der Waals surface area (Å²) in [7, 11) is 4.16. The number of aromatic nitrogens is 1. The summed E-state index contributed by atoms with van der Waals surface area (Å²) in [6.07, 6.45) is 0. The molecule has 0 fully saturated rings. The summed E-state index contributed by atoms with van der Waals surface area (Å²) in [6, 6.07) is 3.91. The fourth-order valence-corrected chi connectivity index (χ4v) is 2.50. The highest BCUT2D eigenvalue weighted by molar-refractivity contribution is 5.99. The maximum absolute atomic E-state index is 6.13. The molecule has 0 saturated carbocycles. The van der Waals surface area contributed by atoms with E-state index in [0.29, 0.717) is 6.61 Å². The smallest absolute Gasteiger partial charge is 0.143 e. The maximum atomic E-state index is 6.13. The monoisotopic (exact) mass is 275 g/mol. The number of hydrogen-bond acceptors (Lipinski definition) is 3. The zero-order valence-electron chi connectivity index (χ0n) is 13.2. The summed E-state index contributed by atoms with van der Waals surface area (Å²) >= 11 is 0. The number of aryl methyl sites for hydroxylation is 2. The number of hydrogen-bond donors (Lipinski definition) is 1. The summed E-state index contributed by atoms with van der Waals surface area (Å²) in [5, 5.41) is 1.12. The van der Waals surface area contributed by atoms with Gasteiger partial charge < -0.3 is 19.9 Å². The second-order valence-electron chi connectivity index (χ2n) is 5.39. The van der Waals surface area contributed by atoms with E-state index in [0.717, 1.165) is 35.4 Å². The SMILES string of the molecule is CCN(C)CCOc1ccc(N)c2c(C)c(C)n(C)c12. The van der Waals surface area contributed by atoms with Crippen LogP contribution in [0.25, 0.3) is 10.9 Å². The minimum Gasteiger partial charge on any atom is -0.490 e. The molecule has 0 saturated heterocycles. The first-order chi connectivity index (χ1) is 9.47. The Balaban J connectivity index is 2.35. The molecule has 1 aromatic carbocycles. The van der Waals surface area contributed by atoms with Crippen molar-refractivity contribution >= 4 is 16.6 Å². The van der Waals surface area contributed by atoms with E-state index >= 15 is 0 Å². The van der Waals surface area contributed by atoms with E-state index in [9.17, 15) is 0 Å². The van der Waals surface area contributed by atoms with Gasteiger partial charge in [0.05, 0.1) is 5.52 Å². The molecule has 0 amide bonds. The Morgan fingerprint density at radius 1 is 1.30 bits per heavy atom. The zero-order chi connectivity index (χ0) is 14.9. The van der Waals surface area contributed by atoms with Crippen LogP contribution >= 0.6 is 0 Å². The highest BCUT2D eigenvalue weighted by atomic mass is 16.5. The Morgan fingerprint density at radius 2 is 2.00 bits per heavy atom. The third-order valence-corrected chi connectivity index (χ3v) is 4.20. The van der Waals surface area contributed by atoms with Crippen LogP contribution in [0, 0.1) is 13.8 Å². The maximum Gasteiger partial charge on any atom is 0.143 e. The summed E-state index contributed by atoms with van der Waals surface area (Å²) in [5.74, 6) is 0.914. The Bertz CT molecular complexity index is 616. The van der Waals surface area contributed by atoms with Crippen LogP contribution in [0.5, 0.6) is 5.75 Å². The second-order valence-corrected chi connectivity index (χ2v) is 5.39. The molecule has 2 N–H and O–H groups in total. The molecule has 0 radical (unpaired) electrons. The molecular formula is C16H25N3O. The Kier molecular flexibility index (Phi) is 4.23. The van der Waals surface area contributed by atoms with E-state index < -0.39 is 0 Å². The summed E-state index contributed by atoms with van der Waals surface area (Å²) in [6.45, 7) is 9.01. The van der Waals surface area contributed by atoms with Crippen molar-refractivity contribution in [2.45, 2.75) is 20.8 Å². The molecular weight excluding hydrogens is 250 g/mol. The lowest BCUT2D eigenvalue weighted by Crippen LogP contribution is -2.23. The first-order valence-electron chi connectivity index (χ1n) is 7.12. The van der Waals surface area contributed by atoms with Crippen molar-refractivity contribution in [1.82, 2.24) is 9.47 Å². The summed E-state index contributed by atoms with van der Waals surface area (Å²) in [5.41, 5.74) is 10.5. The molecule has 0 aliphatic heterocycles. The first kappa shape index (κ1) is 14.7. The van der Waals surface area contributed by atoms with Gasteiger partial charge in [-0.1, -0.05) is 6.92 Å². The number of anilines is 1. The molecule has 20 heavy (non-hydrogen) atoms. The molecule has 2 rings (SSSR count). The van der Waals surface area contributed by atoms with Crippen molar-refractivity contribution in [3.05, 3.63) is 23.4 Å². The molecule has 110 valence electrons. The number of rotatable bonds is 5. The van der Waals surface area contributed by atoms with Crippen LogP contribution in [-0.2, 0) is 7.05 Å². The van der Waals surface area contributed by atoms with Gasteiger partial charge in [-0.15, -0.1) is 0 Å². The fraction of sp³-hybridized carbons (Fsp3) is 0.500. The van der Waals surface area contributed by atoms with Crippen molar-refractivity contribution in [2.75, 3.05) is 32.5 Å². The lowest BCUT2D eigenvalue weighted by Gasteiger charge is -2.15. The topological polar surface area (TPSA) is 43.4 Å². The van der Waals surface area contributed by atoms with Gasteiger partial charge in [-0.2, -0.15) is 0 Å². The zero-order valence-corrected chi connectivity index (χ0v) is 13.2. The van der Waals surface area contributed by atoms with Gasteiger partial charge in [-0.05, 0) is 45.1 Å². The third kappa shape index (κ3) is 2.48. The number of nitrogens with two attached hydrogens (primary N) is 1. The number of ether oxygens (including phenoxy) is 1. The van der Waals surface area contributed by atoms with Gasteiger partial charge in [0.15, 0.2) is 0 Å². The van der Waals surface area contributed by atoms with Crippen molar-refractivity contribution in [3.63, 3.8) is 0 Å². The predicted molar refractivity (Wildman–Crippen MR) is 85.5 cm³/mol.